The standard InChI is InChI=1S/C25H25N3O3/c1-17-16-23(27-18(2)26-17)31-20-12-14-28(15-13-20)25(30)22-11-7-6-10-21(22)24(29)19-8-4-3-5-9-19/h3-11,16,20H,12-15H2,1-2H3. The maximum atomic E-state index is 13.2. The molecule has 0 aliphatic carbocycles. The monoisotopic (exact) mass is 415 g/mol. The lowest BCUT2D eigenvalue weighted by molar-refractivity contribution is 0.0584. The van der Waals surface area contributed by atoms with Crippen molar-refractivity contribution >= 4 is 11.7 Å². The number of nitrogens with zero attached hydrogens (tertiary/aromatic N) is 3. The summed E-state index contributed by atoms with van der Waals surface area (Å²) in [6, 6.07) is 17.9. The molecule has 0 saturated carbocycles. The van der Waals surface area contributed by atoms with E-state index in [0.717, 1.165) is 5.69 Å². The molecular weight excluding hydrogens is 390 g/mol. The Morgan fingerprint density at radius 1 is 0.903 bits per heavy atom. The van der Waals surface area contributed by atoms with Crippen molar-refractivity contribution in [1.29, 1.82) is 0 Å². The molecule has 1 amide bonds. The highest BCUT2D eigenvalue weighted by Crippen LogP contribution is 2.22. The molecule has 6 heteroatoms. The summed E-state index contributed by atoms with van der Waals surface area (Å²) in [6.07, 6.45) is 1.42. The Hall–Kier alpha value is -3.54. The maximum Gasteiger partial charge on any atom is 0.254 e. The molecule has 1 aliphatic rings. The molecule has 2 aromatic carbocycles. The van der Waals surface area contributed by atoms with Crippen molar-refractivity contribution in [3.63, 3.8) is 0 Å². The zero-order valence-corrected chi connectivity index (χ0v) is 17.7. The summed E-state index contributed by atoms with van der Waals surface area (Å²) in [6.45, 7) is 4.90. The zero-order chi connectivity index (χ0) is 21.8. The van der Waals surface area contributed by atoms with Crippen LogP contribution in [0.2, 0.25) is 0 Å². The molecule has 4 rings (SSSR count). The van der Waals surface area contributed by atoms with Crippen LogP contribution in [0.25, 0.3) is 0 Å². The van der Waals surface area contributed by atoms with E-state index >= 15 is 0 Å². The summed E-state index contributed by atoms with van der Waals surface area (Å²) in [7, 11) is 0. The molecule has 0 spiro atoms. The molecule has 1 saturated heterocycles. The molecule has 1 fully saturated rings. The number of aryl methyl sites for hydroxylation is 2. The van der Waals surface area contributed by atoms with Crippen LogP contribution in [-0.2, 0) is 0 Å². The van der Waals surface area contributed by atoms with Gasteiger partial charge in [0.15, 0.2) is 5.78 Å². The van der Waals surface area contributed by atoms with E-state index in [-0.39, 0.29) is 17.8 Å². The minimum atomic E-state index is -0.141. The van der Waals surface area contributed by atoms with E-state index in [4.69, 9.17) is 4.74 Å². The number of ketones is 1. The Balaban J connectivity index is 1.44. The van der Waals surface area contributed by atoms with Crippen LogP contribution in [0.15, 0.2) is 60.7 Å². The third kappa shape index (κ3) is 4.79. The summed E-state index contributed by atoms with van der Waals surface area (Å²) in [5, 5.41) is 0. The average Bonchev–Trinajstić information content (AvgIpc) is 2.78. The highest BCUT2D eigenvalue weighted by atomic mass is 16.5. The van der Waals surface area contributed by atoms with Gasteiger partial charge in [0.2, 0.25) is 5.88 Å². The van der Waals surface area contributed by atoms with Crippen LogP contribution in [-0.4, -0.2) is 45.8 Å². The number of rotatable bonds is 5. The highest BCUT2D eigenvalue weighted by molar-refractivity contribution is 6.15. The number of amides is 1. The van der Waals surface area contributed by atoms with E-state index in [2.05, 4.69) is 9.97 Å². The lowest BCUT2D eigenvalue weighted by Crippen LogP contribution is -2.42. The van der Waals surface area contributed by atoms with E-state index in [0.29, 0.717) is 54.3 Å². The number of ether oxygens (including phenoxy) is 1. The molecule has 0 atom stereocenters. The van der Waals surface area contributed by atoms with Gasteiger partial charge in [0.05, 0.1) is 5.56 Å². The number of aromatic nitrogens is 2. The first-order valence-corrected chi connectivity index (χ1v) is 10.5. The Kier molecular flexibility index (Phi) is 6.07. The molecule has 0 N–H and O–H groups in total. The van der Waals surface area contributed by atoms with Gasteiger partial charge < -0.3 is 9.64 Å². The van der Waals surface area contributed by atoms with E-state index < -0.39 is 0 Å². The largest absolute Gasteiger partial charge is 0.474 e. The molecule has 2 heterocycles. The number of hydrogen-bond acceptors (Lipinski definition) is 5. The molecule has 6 nitrogen and oxygen atoms in total. The van der Waals surface area contributed by atoms with E-state index in [1.54, 1.807) is 41.3 Å². The summed E-state index contributed by atoms with van der Waals surface area (Å²) in [5.74, 6) is 1.00. The summed E-state index contributed by atoms with van der Waals surface area (Å²) in [4.78, 5) is 36.6. The van der Waals surface area contributed by atoms with Gasteiger partial charge in [0, 0.05) is 48.8 Å². The number of carbonyl (C=O) groups excluding carboxylic acids is 2. The first-order valence-electron chi connectivity index (χ1n) is 10.5. The molecule has 0 radical (unpaired) electrons. The van der Waals surface area contributed by atoms with Crippen LogP contribution in [0.5, 0.6) is 5.88 Å². The summed E-state index contributed by atoms with van der Waals surface area (Å²) >= 11 is 0. The van der Waals surface area contributed by atoms with Crippen molar-refractivity contribution in [3.8, 4) is 5.88 Å². The second kappa shape index (κ2) is 9.08. The Morgan fingerprint density at radius 2 is 1.55 bits per heavy atom. The van der Waals surface area contributed by atoms with E-state index in [1.165, 1.54) is 0 Å². The van der Waals surface area contributed by atoms with Crippen molar-refractivity contribution in [3.05, 3.63) is 88.9 Å². The van der Waals surface area contributed by atoms with Crippen LogP contribution < -0.4 is 4.74 Å². The fraction of sp³-hybridized carbons (Fsp3) is 0.280. The molecule has 0 unspecified atom stereocenters. The number of benzene rings is 2. The van der Waals surface area contributed by atoms with Crippen LogP contribution >= 0.6 is 0 Å². The van der Waals surface area contributed by atoms with Crippen LogP contribution in [0.1, 0.15) is 50.6 Å². The highest BCUT2D eigenvalue weighted by Gasteiger charge is 2.27. The molecule has 1 aromatic heterocycles. The van der Waals surface area contributed by atoms with Crippen molar-refractivity contribution in [2.24, 2.45) is 0 Å². The smallest absolute Gasteiger partial charge is 0.254 e. The Labute approximate surface area is 181 Å². The van der Waals surface area contributed by atoms with Crippen molar-refractivity contribution in [1.82, 2.24) is 14.9 Å². The lowest BCUT2D eigenvalue weighted by Gasteiger charge is -2.32. The van der Waals surface area contributed by atoms with Gasteiger partial charge in [-0.25, -0.2) is 4.98 Å². The number of likely N-dealkylation sites (tertiary alicyclic amines) is 1. The van der Waals surface area contributed by atoms with Crippen LogP contribution in [0, 0.1) is 13.8 Å². The van der Waals surface area contributed by atoms with E-state index in [1.807, 2.05) is 38.1 Å². The number of piperidine rings is 1. The molecule has 31 heavy (non-hydrogen) atoms. The van der Waals surface area contributed by atoms with Gasteiger partial charge in [-0.1, -0.05) is 48.5 Å². The molecule has 0 bridgehead atoms. The fourth-order valence-corrected chi connectivity index (χ4v) is 3.87. The van der Waals surface area contributed by atoms with Crippen molar-refractivity contribution < 1.29 is 14.3 Å². The second-order valence-electron chi connectivity index (χ2n) is 7.74. The zero-order valence-electron chi connectivity index (χ0n) is 17.7. The van der Waals surface area contributed by atoms with Gasteiger partial charge in [0.25, 0.3) is 5.91 Å². The van der Waals surface area contributed by atoms with Crippen molar-refractivity contribution in [2.45, 2.75) is 32.8 Å². The minimum absolute atomic E-state index is 0.000977. The van der Waals surface area contributed by atoms with Crippen LogP contribution in [0.3, 0.4) is 0 Å². The second-order valence-corrected chi connectivity index (χ2v) is 7.74. The number of hydrogen-bond donors (Lipinski definition) is 0. The normalized spacial score (nSPS) is 14.3. The van der Waals surface area contributed by atoms with Gasteiger partial charge in [-0.05, 0) is 19.9 Å². The van der Waals surface area contributed by atoms with Gasteiger partial charge in [-0.2, -0.15) is 4.98 Å². The van der Waals surface area contributed by atoms with E-state index in [9.17, 15) is 9.59 Å². The molecular formula is C25H25N3O3. The molecule has 3 aromatic rings. The third-order valence-electron chi connectivity index (χ3n) is 5.40. The molecule has 1 aliphatic heterocycles. The summed E-state index contributed by atoms with van der Waals surface area (Å²) in [5.41, 5.74) is 2.32. The maximum absolute atomic E-state index is 13.2. The predicted octanol–water partition coefficient (Wildman–Crippen LogP) is 4.01. The van der Waals surface area contributed by atoms with Crippen LogP contribution in [0.4, 0.5) is 0 Å². The first kappa shape index (κ1) is 20.7. The molecule has 158 valence electrons. The Morgan fingerprint density at radius 3 is 2.23 bits per heavy atom. The lowest BCUT2D eigenvalue weighted by atomic mass is 9.97. The topological polar surface area (TPSA) is 72.4 Å². The summed E-state index contributed by atoms with van der Waals surface area (Å²) < 4.78 is 6.03. The van der Waals surface area contributed by atoms with Gasteiger partial charge in [-0.3, -0.25) is 9.59 Å². The quantitative estimate of drug-likeness (QED) is 0.589. The SMILES string of the molecule is Cc1cc(OC2CCN(C(=O)c3ccccc3C(=O)c3ccccc3)CC2)nc(C)n1. The predicted molar refractivity (Wildman–Crippen MR) is 117 cm³/mol. The average molecular weight is 415 g/mol. The van der Waals surface area contributed by atoms with Gasteiger partial charge >= 0.3 is 0 Å². The van der Waals surface area contributed by atoms with Crippen molar-refractivity contribution in [2.75, 3.05) is 13.1 Å². The number of carbonyl (C=O) groups is 2. The van der Waals surface area contributed by atoms with Gasteiger partial charge in [-0.15, -0.1) is 0 Å². The fourth-order valence-electron chi connectivity index (χ4n) is 3.87. The first-order chi connectivity index (χ1) is 15.0. The van der Waals surface area contributed by atoms with Gasteiger partial charge in [0.1, 0.15) is 11.9 Å². The minimum Gasteiger partial charge on any atom is -0.474 e. The third-order valence-corrected chi connectivity index (χ3v) is 5.40. The Bertz CT molecular complexity index is 1070.